The maximum atomic E-state index is 13.0. The molecule has 8 heteroatoms. The molecule has 4 heterocycles. The number of rotatable bonds is 3. The first-order valence-corrected chi connectivity index (χ1v) is 10.2. The molecule has 30 heavy (non-hydrogen) atoms. The highest BCUT2D eigenvalue weighted by atomic mass is 16.2. The van der Waals surface area contributed by atoms with Crippen LogP contribution in [0, 0.1) is 13.8 Å². The standard InChI is InChI=1S/C22H26N6O2/c1-14(2)20-24-16(4)12-19(25-20)26-7-9-27(10-8-26)21(29)17-13-23-18-11-15(3)5-6-28(18)22(17)30/h5-6,11-14H,7-10H2,1-4H3. The summed E-state index contributed by atoms with van der Waals surface area (Å²) in [5, 5.41) is 0. The number of aromatic nitrogens is 4. The summed E-state index contributed by atoms with van der Waals surface area (Å²) in [5.74, 6) is 1.70. The van der Waals surface area contributed by atoms with E-state index in [-0.39, 0.29) is 22.9 Å². The van der Waals surface area contributed by atoms with Crippen molar-refractivity contribution in [3.05, 3.63) is 63.6 Å². The lowest BCUT2D eigenvalue weighted by Crippen LogP contribution is -2.50. The van der Waals surface area contributed by atoms with E-state index in [1.54, 1.807) is 11.1 Å². The summed E-state index contributed by atoms with van der Waals surface area (Å²) >= 11 is 0. The lowest BCUT2D eigenvalue weighted by atomic mass is 10.2. The highest BCUT2D eigenvalue weighted by molar-refractivity contribution is 5.94. The Balaban J connectivity index is 1.51. The summed E-state index contributed by atoms with van der Waals surface area (Å²) in [4.78, 5) is 43.2. The summed E-state index contributed by atoms with van der Waals surface area (Å²) in [6.07, 6.45) is 3.06. The van der Waals surface area contributed by atoms with E-state index in [2.05, 4.69) is 33.7 Å². The van der Waals surface area contributed by atoms with Crippen molar-refractivity contribution in [2.24, 2.45) is 0 Å². The summed E-state index contributed by atoms with van der Waals surface area (Å²) in [5.41, 5.74) is 2.26. The van der Waals surface area contributed by atoms with E-state index < -0.39 is 0 Å². The summed E-state index contributed by atoms with van der Waals surface area (Å²) in [7, 11) is 0. The van der Waals surface area contributed by atoms with Gasteiger partial charge in [0.1, 0.15) is 22.9 Å². The molecule has 1 saturated heterocycles. The van der Waals surface area contributed by atoms with Gasteiger partial charge in [0.05, 0.1) is 0 Å². The van der Waals surface area contributed by atoms with Crippen LogP contribution in [0.25, 0.3) is 5.65 Å². The monoisotopic (exact) mass is 406 g/mol. The fraction of sp³-hybridized carbons (Fsp3) is 0.409. The minimum atomic E-state index is -0.333. The summed E-state index contributed by atoms with van der Waals surface area (Å²) < 4.78 is 1.42. The van der Waals surface area contributed by atoms with E-state index in [0.717, 1.165) is 22.9 Å². The molecule has 0 saturated carbocycles. The van der Waals surface area contributed by atoms with Crippen LogP contribution in [0.1, 0.15) is 47.2 Å². The van der Waals surface area contributed by atoms with Gasteiger partial charge in [-0.15, -0.1) is 0 Å². The number of carbonyl (C=O) groups excluding carboxylic acids is 1. The van der Waals surface area contributed by atoms with E-state index in [1.807, 2.05) is 32.0 Å². The van der Waals surface area contributed by atoms with Crippen molar-refractivity contribution in [3.8, 4) is 0 Å². The molecule has 3 aromatic rings. The van der Waals surface area contributed by atoms with Crippen LogP contribution in [0.3, 0.4) is 0 Å². The molecule has 0 N–H and O–H groups in total. The highest BCUT2D eigenvalue weighted by Gasteiger charge is 2.26. The van der Waals surface area contributed by atoms with Crippen molar-refractivity contribution in [2.75, 3.05) is 31.1 Å². The Labute approximate surface area is 175 Å². The zero-order chi connectivity index (χ0) is 21.4. The lowest BCUT2D eigenvalue weighted by Gasteiger charge is -2.35. The largest absolute Gasteiger partial charge is 0.353 e. The molecule has 0 spiro atoms. The normalized spacial score (nSPS) is 14.6. The number of piperazine rings is 1. The van der Waals surface area contributed by atoms with Gasteiger partial charge in [-0.1, -0.05) is 13.8 Å². The number of carbonyl (C=O) groups is 1. The van der Waals surface area contributed by atoms with Crippen molar-refractivity contribution in [1.82, 2.24) is 24.3 Å². The Morgan fingerprint density at radius 2 is 1.80 bits per heavy atom. The first-order valence-electron chi connectivity index (χ1n) is 10.2. The average molecular weight is 406 g/mol. The van der Waals surface area contributed by atoms with Crippen LogP contribution >= 0.6 is 0 Å². The maximum Gasteiger partial charge on any atom is 0.270 e. The second-order valence-electron chi connectivity index (χ2n) is 8.07. The molecular weight excluding hydrogens is 380 g/mol. The summed E-state index contributed by atoms with van der Waals surface area (Å²) in [6.45, 7) is 10.4. The molecule has 0 aromatic carbocycles. The van der Waals surface area contributed by atoms with Crippen LogP contribution in [-0.2, 0) is 0 Å². The molecule has 3 aromatic heterocycles. The minimum Gasteiger partial charge on any atom is -0.353 e. The van der Waals surface area contributed by atoms with Crippen LogP contribution in [-0.4, -0.2) is 56.3 Å². The van der Waals surface area contributed by atoms with Crippen molar-refractivity contribution in [2.45, 2.75) is 33.6 Å². The second kappa shape index (κ2) is 7.85. The average Bonchev–Trinajstić information content (AvgIpc) is 2.73. The van der Waals surface area contributed by atoms with Gasteiger partial charge in [0.15, 0.2) is 0 Å². The van der Waals surface area contributed by atoms with Gasteiger partial charge in [-0.2, -0.15) is 0 Å². The van der Waals surface area contributed by atoms with E-state index in [0.29, 0.717) is 31.8 Å². The molecule has 1 amide bonds. The van der Waals surface area contributed by atoms with Crippen LogP contribution in [0.2, 0.25) is 0 Å². The number of aryl methyl sites for hydroxylation is 2. The molecule has 1 aliphatic heterocycles. The maximum absolute atomic E-state index is 13.0. The SMILES string of the molecule is Cc1ccn2c(=O)c(C(=O)N3CCN(c4cc(C)nc(C(C)C)n4)CC3)cnc2c1. The Hall–Kier alpha value is -3.29. The number of fused-ring (bicyclic) bond motifs is 1. The van der Waals surface area contributed by atoms with Crippen molar-refractivity contribution in [3.63, 3.8) is 0 Å². The van der Waals surface area contributed by atoms with E-state index >= 15 is 0 Å². The van der Waals surface area contributed by atoms with Crippen LogP contribution < -0.4 is 10.5 Å². The zero-order valence-corrected chi connectivity index (χ0v) is 17.8. The number of nitrogens with zero attached hydrogens (tertiary/aromatic N) is 6. The van der Waals surface area contributed by atoms with Gasteiger partial charge in [-0.25, -0.2) is 15.0 Å². The Morgan fingerprint density at radius 3 is 2.50 bits per heavy atom. The third kappa shape index (κ3) is 3.77. The number of pyridine rings is 1. The molecule has 0 aliphatic carbocycles. The van der Waals surface area contributed by atoms with Crippen LogP contribution in [0.15, 0.2) is 35.4 Å². The van der Waals surface area contributed by atoms with Crippen LogP contribution in [0.5, 0.6) is 0 Å². The van der Waals surface area contributed by atoms with Crippen molar-refractivity contribution < 1.29 is 4.79 Å². The third-order valence-electron chi connectivity index (χ3n) is 5.36. The van der Waals surface area contributed by atoms with Gasteiger partial charge in [0, 0.05) is 56.3 Å². The fourth-order valence-electron chi connectivity index (χ4n) is 3.63. The predicted octanol–water partition coefficient (Wildman–Crippen LogP) is 2.19. The van der Waals surface area contributed by atoms with Gasteiger partial charge in [-0.05, 0) is 31.5 Å². The molecule has 0 atom stereocenters. The minimum absolute atomic E-state index is 0.102. The molecule has 156 valence electrons. The quantitative estimate of drug-likeness (QED) is 0.663. The number of amides is 1. The van der Waals surface area contributed by atoms with Crippen molar-refractivity contribution >= 4 is 17.4 Å². The van der Waals surface area contributed by atoms with Crippen molar-refractivity contribution in [1.29, 1.82) is 0 Å². The van der Waals surface area contributed by atoms with Gasteiger partial charge < -0.3 is 9.80 Å². The summed E-state index contributed by atoms with van der Waals surface area (Å²) in [6, 6.07) is 5.63. The molecule has 1 fully saturated rings. The molecular formula is C22H26N6O2. The van der Waals surface area contributed by atoms with Crippen LogP contribution in [0.4, 0.5) is 5.82 Å². The number of hydrogen-bond donors (Lipinski definition) is 0. The third-order valence-corrected chi connectivity index (χ3v) is 5.36. The van der Waals surface area contributed by atoms with Gasteiger partial charge in [-0.3, -0.25) is 14.0 Å². The Bertz CT molecular complexity index is 1160. The van der Waals surface area contributed by atoms with Gasteiger partial charge in [0.25, 0.3) is 11.5 Å². The fourth-order valence-corrected chi connectivity index (χ4v) is 3.63. The molecule has 8 nitrogen and oxygen atoms in total. The topological polar surface area (TPSA) is 83.7 Å². The Kier molecular flexibility index (Phi) is 5.24. The highest BCUT2D eigenvalue weighted by Crippen LogP contribution is 2.19. The van der Waals surface area contributed by atoms with Gasteiger partial charge in [0.2, 0.25) is 0 Å². The van der Waals surface area contributed by atoms with E-state index in [9.17, 15) is 9.59 Å². The molecule has 4 rings (SSSR count). The first-order chi connectivity index (χ1) is 14.3. The molecule has 0 unspecified atom stereocenters. The number of anilines is 1. The first kappa shape index (κ1) is 20.0. The number of hydrogen-bond acceptors (Lipinski definition) is 6. The van der Waals surface area contributed by atoms with Gasteiger partial charge >= 0.3 is 0 Å². The molecule has 0 bridgehead atoms. The second-order valence-corrected chi connectivity index (χ2v) is 8.07. The lowest BCUT2D eigenvalue weighted by molar-refractivity contribution is 0.0744. The van der Waals surface area contributed by atoms with E-state index in [4.69, 9.17) is 0 Å². The van der Waals surface area contributed by atoms with E-state index in [1.165, 1.54) is 10.6 Å². The molecule has 1 aliphatic rings. The smallest absolute Gasteiger partial charge is 0.270 e. The predicted molar refractivity (Wildman–Crippen MR) is 115 cm³/mol. The zero-order valence-electron chi connectivity index (χ0n) is 17.8. The Morgan fingerprint density at radius 1 is 1.07 bits per heavy atom. The molecule has 0 radical (unpaired) electrons.